The number of rotatable bonds is 4. The van der Waals surface area contributed by atoms with Crippen molar-refractivity contribution in [3.05, 3.63) is 188 Å². The van der Waals surface area contributed by atoms with Gasteiger partial charge in [-0.1, -0.05) is 103 Å². The van der Waals surface area contributed by atoms with Gasteiger partial charge in [0.25, 0.3) is 0 Å². The predicted molar refractivity (Wildman–Crippen MR) is 233 cm³/mol. The Kier molecular flexibility index (Phi) is 6.07. The maximum absolute atomic E-state index is 6.47. The van der Waals surface area contributed by atoms with E-state index in [0.717, 1.165) is 67.1 Å². The van der Waals surface area contributed by atoms with Crippen LogP contribution in [0.4, 0.5) is 0 Å². The van der Waals surface area contributed by atoms with Gasteiger partial charge in [0.15, 0.2) is 0 Å². The summed E-state index contributed by atoms with van der Waals surface area (Å²) in [5.41, 5.74) is 14.9. The first-order valence-corrected chi connectivity index (χ1v) is 19.3. The van der Waals surface area contributed by atoms with E-state index >= 15 is 0 Å². The zero-order valence-corrected chi connectivity index (χ0v) is 30.5. The van der Waals surface area contributed by atoms with E-state index in [9.17, 15) is 0 Å². The molecule has 0 aliphatic heterocycles. The highest BCUT2D eigenvalue weighted by Gasteiger charge is 2.23. The molecule has 0 saturated heterocycles. The van der Waals surface area contributed by atoms with Gasteiger partial charge in [0.2, 0.25) is 11.5 Å². The summed E-state index contributed by atoms with van der Waals surface area (Å²) in [7, 11) is 0. The van der Waals surface area contributed by atoms with E-state index < -0.39 is 0 Å². The molecule has 0 aliphatic carbocycles. The van der Waals surface area contributed by atoms with Crippen molar-refractivity contribution in [2.75, 3.05) is 0 Å². The van der Waals surface area contributed by atoms with Gasteiger partial charge in [-0.2, -0.15) is 0 Å². The van der Waals surface area contributed by atoms with Crippen LogP contribution in [0.5, 0.6) is 0 Å². The van der Waals surface area contributed by atoms with Crippen molar-refractivity contribution in [2.24, 2.45) is 0 Å². The molecule has 0 unspecified atom stereocenters. The van der Waals surface area contributed by atoms with Crippen LogP contribution in [0, 0.1) is 0 Å². The second-order valence-electron chi connectivity index (χ2n) is 14.8. The molecule has 0 saturated carbocycles. The van der Waals surface area contributed by atoms with Crippen molar-refractivity contribution >= 4 is 82.6 Å². The molecule has 0 bridgehead atoms. The Labute approximate surface area is 325 Å². The summed E-state index contributed by atoms with van der Waals surface area (Å²) in [6.07, 6.45) is 0. The van der Waals surface area contributed by atoms with E-state index in [2.05, 4.69) is 188 Å². The molecule has 6 heteroatoms. The second kappa shape index (κ2) is 11.4. The molecule has 6 nitrogen and oxygen atoms in total. The lowest BCUT2D eigenvalue weighted by molar-refractivity contribution is 0.651. The van der Waals surface area contributed by atoms with Crippen LogP contribution in [0.3, 0.4) is 0 Å². The molecule has 5 aromatic heterocycles. The Morgan fingerprint density at radius 2 is 0.877 bits per heavy atom. The van der Waals surface area contributed by atoms with Gasteiger partial charge in [0.1, 0.15) is 11.1 Å². The van der Waals surface area contributed by atoms with Crippen molar-refractivity contribution in [1.29, 1.82) is 0 Å². The molecule has 0 aliphatic rings. The van der Waals surface area contributed by atoms with Crippen LogP contribution < -0.4 is 0 Å². The minimum atomic E-state index is 0.756. The summed E-state index contributed by atoms with van der Waals surface area (Å²) in [6.45, 7) is 0. The lowest BCUT2D eigenvalue weighted by Crippen LogP contribution is -1.97. The van der Waals surface area contributed by atoms with Crippen molar-refractivity contribution in [3.63, 3.8) is 0 Å². The third-order valence-corrected chi connectivity index (χ3v) is 11.8. The van der Waals surface area contributed by atoms with Gasteiger partial charge in [-0.25, -0.2) is 9.38 Å². The van der Waals surface area contributed by atoms with Gasteiger partial charge in [0.05, 0.1) is 33.1 Å². The average molecular weight is 730 g/mol. The van der Waals surface area contributed by atoms with Gasteiger partial charge in [-0.05, 0) is 96.1 Å². The minimum absolute atomic E-state index is 0.756. The van der Waals surface area contributed by atoms with Crippen LogP contribution in [-0.2, 0) is 0 Å². The standard InChI is InChI=1S/C51H31N5O/c1-2-12-34(13-3-1)55-47-31-36(27-29-46(47)56-50-49(52-51(55)56)40-17-7-11-21-48(40)57-50)54-44-20-10-6-16-39(44)41-30-33(24-28-45(41)54)32-22-25-35(26-23-32)53-42-18-8-4-14-37(42)38-15-5-9-19-43(38)53/h1-31H. The first-order valence-electron chi connectivity index (χ1n) is 19.3. The van der Waals surface area contributed by atoms with Gasteiger partial charge in [-0.15, -0.1) is 0 Å². The Morgan fingerprint density at radius 1 is 0.351 bits per heavy atom. The Balaban J connectivity index is 0.976. The fraction of sp³-hybridized carbons (Fsp3) is 0. The molecule has 13 rings (SSSR count). The molecule has 0 atom stereocenters. The maximum Gasteiger partial charge on any atom is 0.234 e. The summed E-state index contributed by atoms with van der Waals surface area (Å²) in [4.78, 5) is 5.22. The largest absolute Gasteiger partial charge is 0.437 e. The molecule has 0 fully saturated rings. The molecular weight excluding hydrogens is 699 g/mol. The number of hydrogen-bond acceptors (Lipinski definition) is 2. The molecule has 57 heavy (non-hydrogen) atoms. The van der Waals surface area contributed by atoms with E-state index in [1.165, 1.54) is 43.7 Å². The lowest BCUT2D eigenvalue weighted by Gasteiger charge is -2.11. The molecule has 266 valence electrons. The molecule has 13 aromatic rings. The highest BCUT2D eigenvalue weighted by molar-refractivity contribution is 6.12. The van der Waals surface area contributed by atoms with Crippen molar-refractivity contribution in [3.8, 4) is 28.2 Å². The number of imidazole rings is 2. The van der Waals surface area contributed by atoms with Crippen LogP contribution in [0.15, 0.2) is 192 Å². The highest BCUT2D eigenvalue weighted by Crippen LogP contribution is 2.39. The Hall–Kier alpha value is -7.83. The number of benzene rings is 8. The number of nitrogens with zero attached hydrogens (tertiary/aromatic N) is 5. The molecule has 0 radical (unpaired) electrons. The van der Waals surface area contributed by atoms with Crippen LogP contribution >= 0.6 is 0 Å². The number of aromatic nitrogens is 5. The lowest BCUT2D eigenvalue weighted by atomic mass is 10.0. The molecule has 0 amide bonds. The van der Waals surface area contributed by atoms with Crippen molar-refractivity contribution < 1.29 is 4.42 Å². The number of hydrogen-bond donors (Lipinski definition) is 0. The van der Waals surface area contributed by atoms with E-state index in [1.54, 1.807) is 0 Å². The van der Waals surface area contributed by atoms with Crippen molar-refractivity contribution in [1.82, 2.24) is 23.1 Å². The van der Waals surface area contributed by atoms with Gasteiger partial charge in [0, 0.05) is 44.0 Å². The number of furan rings is 1. The normalized spacial score (nSPS) is 12.2. The molecule has 8 aromatic carbocycles. The summed E-state index contributed by atoms with van der Waals surface area (Å²) < 4.78 is 15.6. The van der Waals surface area contributed by atoms with E-state index in [4.69, 9.17) is 9.40 Å². The molecule has 5 heterocycles. The minimum Gasteiger partial charge on any atom is -0.437 e. The van der Waals surface area contributed by atoms with E-state index in [0.29, 0.717) is 0 Å². The predicted octanol–water partition coefficient (Wildman–Crippen LogP) is 13.0. The van der Waals surface area contributed by atoms with Crippen LogP contribution in [0.25, 0.3) is 111 Å². The first kappa shape index (κ1) is 30.5. The summed E-state index contributed by atoms with van der Waals surface area (Å²) in [6, 6.07) is 67.2. The zero-order chi connectivity index (χ0) is 37.2. The third kappa shape index (κ3) is 4.21. The van der Waals surface area contributed by atoms with Crippen molar-refractivity contribution in [2.45, 2.75) is 0 Å². The topological polar surface area (TPSA) is 45.2 Å². The van der Waals surface area contributed by atoms with Gasteiger partial charge < -0.3 is 13.6 Å². The fourth-order valence-corrected chi connectivity index (χ4v) is 9.28. The third-order valence-electron chi connectivity index (χ3n) is 11.8. The van der Waals surface area contributed by atoms with Crippen LogP contribution in [0.2, 0.25) is 0 Å². The summed E-state index contributed by atoms with van der Waals surface area (Å²) >= 11 is 0. The van der Waals surface area contributed by atoms with Gasteiger partial charge >= 0.3 is 0 Å². The summed E-state index contributed by atoms with van der Waals surface area (Å²) in [5.74, 6) is 0.823. The number of para-hydroxylation sites is 5. The van der Waals surface area contributed by atoms with Crippen LogP contribution in [-0.4, -0.2) is 23.1 Å². The fourth-order valence-electron chi connectivity index (χ4n) is 9.28. The number of fused-ring (bicyclic) bond motifs is 13. The second-order valence-corrected chi connectivity index (χ2v) is 14.8. The Morgan fingerprint density at radius 3 is 1.60 bits per heavy atom. The molecule has 0 spiro atoms. The monoisotopic (exact) mass is 729 g/mol. The molecule has 0 N–H and O–H groups in total. The van der Waals surface area contributed by atoms with Gasteiger partial charge in [-0.3, -0.25) is 4.57 Å². The Bertz CT molecular complexity index is 3690. The average Bonchev–Trinajstić information content (AvgIpc) is 4.06. The maximum atomic E-state index is 6.47. The first-order chi connectivity index (χ1) is 28.3. The highest BCUT2D eigenvalue weighted by atomic mass is 16.3. The quantitative estimate of drug-likeness (QED) is 0.181. The smallest absolute Gasteiger partial charge is 0.234 e. The molecular formula is C51H31N5O. The van der Waals surface area contributed by atoms with E-state index in [1.807, 2.05) is 18.2 Å². The SMILES string of the molecule is c1ccc(-n2c3cc(-n4c5ccccc5c5cc(-c6ccc(-n7c8ccccc8c8ccccc87)cc6)ccc54)ccc3n3c4oc5ccccc5c4nc23)cc1. The summed E-state index contributed by atoms with van der Waals surface area (Å²) in [5, 5.41) is 5.99. The van der Waals surface area contributed by atoms with E-state index in [-0.39, 0.29) is 0 Å². The zero-order valence-electron chi connectivity index (χ0n) is 30.5. The van der Waals surface area contributed by atoms with Crippen LogP contribution in [0.1, 0.15) is 0 Å².